The monoisotopic (exact) mass is 491 g/mol. The van der Waals surface area contributed by atoms with Crippen LogP contribution in [-0.2, 0) is 4.79 Å². The number of carbonyl (C=O) groups excluding carboxylic acids is 1. The number of fused-ring (bicyclic) bond motifs is 2. The molecule has 3 heterocycles. The summed E-state index contributed by atoms with van der Waals surface area (Å²) >= 11 is 1.71. The molecule has 0 radical (unpaired) electrons. The van der Waals surface area contributed by atoms with Crippen molar-refractivity contribution in [3.05, 3.63) is 109 Å². The zero-order chi connectivity index (χ0) is 24.3. The first kappa shape index (κ1) is 21.9. The number of hydrogen-bond acceptors (Lipinski definition) is 6. The molecule has 6 rings (SSSR count). The summed E-state index contributed by atoms with van der Waals surface area (Å²) in [5.41, 5.74) is 6.95. The number of amides is 1. The van der Waals surface area contributed by atoms with Crippen LogP contribution in [0.1, 0.15) is 5.56 Å². The molecule has 0 saturated carbocycles. The Morgan fingerprint density at radius 1 is 0.917 bits per heavy atom. The molecule has 8 heteroatoms. The van der Waals surface area contributed by atoms with Crippen molar-refractivity contribution in [2.75, 3.05) is 11.4 Å². The minimum Gasteiger partial charge on any atom is -0.463 e. The van der Waals surface area contributed by atoms with Gasteiger partial charge in [0.15, 0.2) is 5.76 Å². The van der Waals surface area contributed by atoms with Crippen molar-refractivity contribution in [1.82, 2.24) is 15.2 Å². The van der Waals surface area contributed by atoms with Crippen molar-refractivity contribution in [3.8, 4) is 17.1 Å². The first-order valence-corrected chi connectivity index (χ1v) is 12.2. The van der Waals surface area contributed by atoms with Crippen LogP contribution >= 0.6 is 11.8 Å². The van der Waals surface area contributed by atoms with Crippen LogP contribution in [0.2, 0.25) is 0 Å². The Morgan fingerprint density at radius 2 is 1.61 bits per heavy atom. The van der Waals surface area contributed by atoms with Crippen LogP contribution in [0.4, 0.5) is 11.4 Å². The first-order valence-electron chi connectivity index (χ1n) is 11.4. The van der Waals surface area contributed by atoms with Gasteiger partial charge in [0.1, 0.15) is 12.2 Å². The molecule has 3 aromatic carbocycles. The molecular weight excluding hydrogens is 470 g/mol. The summed E-state index contributed by atoms with van der Waals surface area (Å²) in [7, 11) is 0. The van der Waals surface area contributed by atoms with Gasteiger partial charge in [0.05, 0.1) is 29.5 Å². The van der Waals surface area contributed by atoms with Gasteiger partial charge in [-0.15, -0.1) is 0 Å². The molecule has 2 aromatic heterocycles. The zero-order valence-electron chi connectivity index (χ0n) is 19.1. The number of furan rings is 1. The molecule has 0 spiro atoms. The minimum absolute atomic E-state index is 0.139. The third kappa shape index (κ3) is 4.30. The van der Waals surface area contributed by atoms with Gasteiger partial charge in [-0.1, -0.05) is 54.2 Å². The molecule has 0 fully saturated rings. The van der Waals surface area contributed by atoms with E-state index in [1.807, 2.05) is 90.0 Å². The number of hydrazone groups is 1. The molecule has 0 atom stereocenters. The lowest BCUT2D eigenvalue weighted by Gasteiger charge is -2.31. The number of anilines is 2. The molecule has 0 bridgehead atoms. The normalized spacial score (nSPS) is 12.4. The lowest BCUT2D eigenvalue weighted by molar-refractivity contribution is -0.119. The smallest absolute Gasteiger partial charge is 0.260 e. The maximum absolute atomic E-state index is 12.9. The summed E-state index contributed by atoms with van der Waals surface area (Å²) < 4.78 is 7.33. The minimum atomic E-state index is -0.224. The van der Waals surface area contributed by atoms with E-state index in [4.69, 9.17) is 4.42 Å². The van der Waals surface area contributed by atoms with Gasteiger partial charge in [-0.25, -0.2) is 10.1 Å². The Balaban J connectivity index is 1.23. The van der Waals surface area contributed by atoms with Crippen LogP contribution in [0.3, 0.4) is 0 Å². The number of hydrogen-bond donors (Lipinski definition) is 1. The zero-order valence-corrected chi connectivity index (χ0v) is 19.9. The molecule has 0 aliphatic carbocycles. The first-order chi connectivity index (χ1) is 17.8. The standard InChI is InChI=1S/C28H21N5O2S/c34-27(19-32-22-11-4-6-14-25(22)36-26-15-7-5-12-23(26)32)30-29-17-20-18-33(21-9-2-1-3-10-21)31-28(20)24-13-8-16-35-24/h1-18H,19H2,(H,30,34)/b29-17-. The molecule has 7 nitrogen and oxygen atoms in total. The number of nitrogens with one attached hydrogen (secondary N) is 1. The van der Waals surface area contributed by atoms with Gasteiger partial charge >= 0.3 is 0 Å². The summed E-state index contributed by atoms with van der Waals surface area (Å²) in [6.07, 6.45) is 5.06. The molecular formula is C28H21N5O2S. The number of nitrogens with zero attached hydrogens (tertiary/aromatic N) is 4. The maximum atomic E-state index is 12.9. The second kappa shape index (κ2) is 9.59. The van der Waals surface area contributed by atoms with Crippen molar-refractivity contribution >= 4 is 35.3 Å². The van der Waals surface area contributed by atoms with E-state index in [2.05, 4.69) is 27.8 Å². The van der Waals surface area contributed by atoms with E-state index in [1.54, 1.807) is 28.9 Å². The summed E-state index contributed by atoms with van der Waals surface area (Å²) in [6, 6.07) is 29.6. The van der Waals surface area contributed by atoms with E-state index in [0.29, 0.717) is 11.5 Å². The Bertz CT molecular complexity index is 1500. The lowest BCUT2D eigenvalue weighted by Crippen LogP contribution is -2.33. The number of benzene rings is 3. The van der Waals surface area contributed by atoms with Crippen molar-refractivity contribution in [1.29, 1.82) is 0 Å². The Kier molecular flexibility index (Phi) is 5.85. The number of para-hydroxylation sites is 3. The SMILES string of the molecule is O=C(CN1c2ccccc2Sc2ccccc21)N/N=C\c1cn(-c2ccccc2)nc1-c1ccco1. The number of carbonyl (C=O) groups is 1. The van der Waals surface area contributed by atoms with E-state index >= 15 is 0 Å². The molecule has 1 amide bonds. The topological polar surface area (TPSA) is 75.7 Å². The molecule has 5 aromatic rings. The second-order valence-corrected chi connectivity index (χ2v) is 9.19. The van der Waals surface area contributed by atoms with Gasteiger partial charge in [-0.05, 0) is 48.5 Å². The molecule has 1 aliphatic rings. The lowest BCUT2D eigenvalue weighted by atomic mass is 10.2. The van der Waals surface area contributed by atoms with Crippen LogP contribution in [0.5, 0.6) is 0 Å². The van der Waals surface area contributed by atoms with Gasteiger partial charge < -0.3 is 9.32 Å². The summed E-state index contributed by atoms with van der Waals surface area (Å²) in [6.45, 7) is 0.139. The predicted molar refractivity (Wildman–Crippen MR) is 141 cm³/mol. The fraction of sp³-hybridized carbons (Fsp3) is 0.0357. The quantitative estimate of drug-likeness (QED) is 0.237. The van der Waals surface area contributed by atoms with E-state index in [-0.39, 0.29) is 12.5 Å². The van der Waals surface area contributed by atoms with E-state index in [1.165, 1.54) is 0 Å². The molecule has 0 unspecified atom stereocenters. The third-order valence-electron chi connectivity index (χ3n) is 5.74. The van der Waals surface area contributed by atoms with Crippen LogP contribution < -0.4 is 10.3 Å². The average Bonchev–Trinajstić information content (AvgIpc) is 3.59. The Labute approximate surface area is 212 Å². The van der Waals surface area contributed by atoms with Gasteiger partial charge in [0, 0.05) is 21.6 Å². The molecule has 36 heavy (non-hydrogen) atoms. The van der Waals surface area contributed by atoms with Crippen molar-refractivity contribution < 1.29 is 9.21 Å². The average molecular weight is 492 g/mol. The van der Waals surface area contributed by atoms with Gasteiger partial charge in [-0.3, -0.25) is 4.79 Å². The third-order valence-corrected chi connectivity index (χ3v) is 6.87. The highest BCUT2D eigenvalue weighted by Gasteiger charge is 2.24. The van der Waals surface area contributed by atoms with Gasteiger partial charge in [0.2, 0.25) is 0 Å². The molecule has 1 aliphatic heterocycles. The molecule has 176 valence electrons. The highest BCUT2D eigenvalue weighted by Crippen LogP contribution is 2.47. The van der Waals surface area contributed by atoms with Crippen LogP contribution in [0.15, 0.2) is 123 Å². The second-order valence-electron chi connectivity index (χ2n) is 8.11. The fourth-order valence-electron chi connectivity index (χ4n) is 4.10. The highest BCUT2D eigenvalue weighted by atomic mass is 32.2. The summed E-state index contributed by atoms with van der Waals surface area (Å²) in [5, 5.41) is 8.92. The summed E-state index contributed by atoms with van der Waals surface area (Å²) in [4.78, 5) is 17.2. The Morgan fingerprint density at radius 3 is 2.31 bits per heavy atom. The largest absolute Gasteiger partial charge is 0.463 e. The van der Waals surface area contributed by atoms with Crippen molar-refractivity contribution in [2.45, 2.75) is 9.79 Å². The van der Waals surface area contributed by atoms with E-state index < -0.39 is 0 Å². The Hall–Kier alpha value is -4.56. The van der Waals surface area contributed by atoms with Gasteiger partial charge in [0.25, 0.3) is 5.91 Å². The van der Waals surface area contributed by atoms with Crippen LogP contribution in [0, 0.1) is 0 Å². The van der Waals surface area contributed by atoms with Crippen molar-refractivity contribution in [2.24, 2.45) is 5.10 Å². The number of rotatable bonds is 6. The van der Waals surface area contributed by atoms with E-state index in [9.17, 15) is 4.79 Å². The van der Waals surface area contributed by atoms with Gasteiger partial charge in [-0.2, -0.15) is 10.2 Å². The van der Waals surface area contributed by atoms with Crippen LogP contribution in [-0.4, -0.2) is 28.4 Å². The highest BCUT2D eigenvalue weighted by molar-refractivity contribution is 7.99. The molecule has 1 N–H and O–H groups in total. The van der Waals surface area contributed by atoms with Crippen LogP contribution in [0.25, 0.3) is 17.1 Å². The van der Waals surface area contributed by atoms with E-state index in [0.717, 1.165) is 32.4 Å². The maximum Gasteiger partial charge on any atom is 0.260 e. The molecule has 0 saturated heterocycles. The summed E-state index contributed by atoms with van der Waals surface area (Å²) in [5.74, 6) is 0.397. The number of aromatic nitrogens is 2. The predicted octanol–water partition coefficient (Wildman–Crippen LogP) is 5.89. The van der Waals surface area contributed by atoms with Crippen molar-refractivity contribution in [3.63, 3.8) is 0 Å². The fourth-order valence-corrected chi connectivity index (χ4v) is 5.20.